The molecule has 0 bridgehead atoms. The van der Waals surface area contributed by atoms with E-state index < -0.39 is 6.43 Å². The molecule has 0 radical (unpaired) electrons. The minimum absolute atomic E-state index is 0.0492. The third kappa shape index (κ3) is 3.25. The first-order chi connectivity index (χ1) is 9.40. The van der Waals surface area contributed by atoms with Crippen LogP contribution >= 0.6 is 34.2 Å². The molecule has 0 aliphatic heterocycles. The second-order valence-electron chi connectivity index (χ2n) is 4.62. The number of hydrogen-bond donors (Lipinski definition) is 0. The normalized spacial score (nSPS) is 11.4. The van der Waals surface area contributed by atoms with Crippen molar-refractivity contribution in [3.8, 4) is 11.4 Å². The van der Waals surface area contributed by atoms with E-state index in [0.717, 1.165) is 9.26 Å². The van der Waals surface area contributed by atoms with E-state index in [2.05, 4.69) is 32.6 Å². The molecule has 0 fully saturated rings. The lowest BCUT2D eigenvalue weighted by atomic mass is 10.1. The van der Waals surface area contributed by atoms with Gasteiger partial charge in [-0.25, -0.2) is 18.7 Å². The Kier molecular flexibility index (Phi) is 4.90. The number of hydrogen-bond acceptors (Lipinski definition) is 2. The summed E-state index contributed by atoms with van der Waals surface area (Å²) in [7, 11) is 0. The van der Waals surface area contributed by atoms with Crippen molar-refractivity contribution in [3.63, 3.8) is 0 Å². The Balaban J connectivity index is 2.55. The molecule has 0 saturated carbocycles. The molecule has 0 unspecified atom stereocenters. The molecule has 20 heavy (non-hydrogen) atoms. The molecule has 106 valence electrons. The number of benzene rings is 1. The summed E-state index contributed by atoms with van der Waals surface area (Å²) in [6.07, 6.45) is -2.51. The second kappa shape index (κ2) is 6.30. The molecule has 0 amide bonds. The number of alkyl halides is 2. The maximum atomic E-state index is 12.7. The first-order valence-corrected chi connectivity index (χ1v) is 7.47. The van der Waals surface area contributed by atoms with Gasteiger partial charge >= 0.3 is 0 Å². The topological polar surface area (TPSA) is 25.8 Å². The van der Waals surface area contributed by atoms with Crippen molar-refractivity contribution in [3.05, 3.63) is 44.2 Å². The largest absolute Gasteiger partial charge is 0.263 e. The van der Waals surface area contributed by atoms with Gasteiger partial charge in [-0.05, 0) is 34.6 Å². The summed E-state index contributed by atoms with van der Waals surface area (Å²) in [6, 6.07) is 6.05. The quantitative estimate of drug-likeness (QED) is 0.498. The summed E-state index contributed by atoms with van der Waals surface area (Å²) >= 11 is 8.21. The van der Waals surface area contributed by atoms with Crippen LogP contribution in [0.25, 0.3) is 11.4 Å². The molecule has 0 aliphatic rings. The second-order valence-corrected chi connectivity index (χ2v) is 6.05. The van der Waals surface area contributed by atoms with Crippen molar-refractivity contribution < 1.29 is 8.78 Å². The standard InChI is InChI=1S/C14H12ClF2IN2/c1-7(2)11-10(18)12(15)20-14(19-11)9-5-3-4-8(6-9)13(16)17/h3-7,13H,1-2H3. The molecule has 6 heteroatoms. The van der Waals surface area contributed by atoms with Gasteiger partial charge in [-0.2, -0.15) is 0 Å². The van der Waals surface area contributed by atoms with Gasteiger partial charge in [-0.15, -0.1) is 0 Å². The van der Waals surface area contributed by atoms with Gasteiger partial charge in [0.15, 0.2) is 5.82 Å². The lowest BCUT2D eigenvalue weighted by Crippen LogP contribution is -2.02. The van der Waals surface area contributed by atoms with Gasteiger partial charge < -0.3 is 0 Å². The van der Waals surface area contributed by atoms with E-state index >= 15 is 0 Å². The van der Waals surface area contributed by atoms with Gasteiger partial charge in [0.1, 0.15) is 5.15 Å². The zero-order valence-corrected chi connectivity index (χ0v) is 13.8. The van der Waals surface area contributed by atoms with E-state index in [-0.39, 0.29) is 11.5 Å². The molecule has 1 aromatic heterocycles. The molecule has 1 heterocycles. The van der Waals surface area contributed by atoms with Gasteiger partial charge in [0.2, 0.25) is 0 Å². The van der Waals surface area contributed by atoms with E-state index in [1.165, 1.54) is 12.1 Å². The molecule has 0 saturated heterocycles. The summed E-state index contributed by atoms with van der Waals surface area (Å²) in [6.45, 7) is 4.00. The van der Waals surface area contributed by atoms with E-state index in [1.54, 1.807) is 12.1 Å². The van der Waals surface area contributed by atoms with Crippen molar-refractivity contribution >= 4 is 34.2 Å². The molecule has 2 rings (SSSR count). The summed E-state index contributed by atoms with van der Waals surface area (Å²) in [4.78, 5) is 8.64. The lowest BCUT2D eigenvalue weighted by Gasteiger charge is -2.11. The van der Waals surface area contributed by atoms with Crippen LogP contribution in [0, 0.1) is 3.57 Å². The van der Waals surface area contributed by atoms with Gasteiger partial charge in [0.05, 0.1) is 9.26 Å². The predicted molar refractivity (Wildman–Crippen MR) is 84.2 cm³/mol. The van der Waals surface area contributed by atoms with E-state index in [4.69, 9.17) is 11.6 Å². The molecule has 2 nitrogen and oxygen atoms in total. The highest BCUT2D eigenvalue weighted by atomic mass is 127. The fourth-order valence-corrected chi connectivity index (χ4v) is 2.80. The van der Waals surface area contributed by atoms with Gasteiger partial charge in [-0.3, -0.25) is 0 Å². The molecule has 2 aromatic rings. The number of nitrogens with zero attached hydrogens (tertiary/aromatic N) is 2. The minimum atomic E-state index is -2.51. The molecule has 0 spiro atoms. The smallest absolute Gasteiger partial charge is 0.232 e. The molecular formula is C14H12ClF2IN2. The number of halogens is 4. The maximum absolute atomic E-state index is 12.7. The average Bonchev–Trinajstić information content (AvgIpc) is 2.41. The van der Waals surface area contributed by atoms with E-state index in [1.807, 2.05) is 13.8 Å². The van der Waals surface area contributed by atoms with Crippen LogP contribution in [0.1, 0.15) is 37.4 Å². The van der Waals surface area contributed by atoms with Crippen LogP contribution in [0.3, 0.4) is 0 Å². The van der Waals surface area contributed by atoms with Crippen molar-refractivity contribution in [1.82, 2.24) is 9.97 Å². The number of rotatable bonds is 3. The Bertz CT molecular complexity index is 633. The van der Waals surface area contributed by atoms with Crippen LogP contribution in [-0.4, -0.2) is 9.97 Å². The SMILES string of the molecule is CC(C)c1nc(-c2cccc(C(F)F)c2)nc(Cl)c1I. The van der Waals surface area contributed by atoms with Crippen LogP contribution < -0.4 is 0 Å². The van der Waals surface area contributed by atoms with Crippen molar-refractivity contribution in [2.45, 2.75) is 26.2 Å². The number of aromatic nitrogens is 2. The van der Waals surface area contributed by atoms with Crippen LogP contribution in [0.15, 0.2) is 24.3 Å². The minimum Gasteiger partial charge on any atom is -0.232 e. The first kappa shape index (κ1) is 15.6. The Hall–Kier alpha value is -0.820. The molecule has 0 aliphatic carbocycles. The maximum Gasteiger partial charge on any atom is 0.263 e. The first-order valence-electron chi connectivity index (χ1n) is 6.01. The third-order valence-corrected chi connectivity index (χ3v) is 4.44. The third-order valence-electron chi connectivity index (χ3n) is 2.78. The highest BCUT2D eigenvalue weighted by Crippen LogP contribution is 2.29. The monoisotopic (exact) mass is 408 g/mol. The highest BCUT2D eigenvalue weighted by Gasteiger charge is 2.15. The Morgan fingerprint density at radius 2 is 1.90 bits per heavy atom. The summed E-state index contributed by atoms with van der Waals surface area (Å²) in [5.41, 5.74) is 1.32. The van der Waals surface area contributed by atoms with Gasteiger partial charge in [0.25, 0.3) is 6.43 Å². The Morgan fingerprint density at radius 3 is 2.50 bits per heavy atom. The Labute approximate surface area is 134 Å². The fourth-order valence-electron chi connectivity index (χ4n) is 1.76. The van der Waals surface area contributed by atoms with Gasteiger partial charge in [0, 0.05) is 11.1 Å². The molecular weight excluding hydrogens is 397 g/mol. The van der Waals surface area contributed by atoms with Crippen LogP contribution in [0.2, 0.25) is 5.15 Å². The predicted octanol–water partition coefficient (Wildman–Crippen LogP) is 5.46. The van der Waals surface area contributed by atoms with E-state index in [9.17, 15) is 8.78 Å². The summed E-state index contributed by atoms with van der Waals surface area (Å²) in [5.74, 6) is 0.557. The lowest BCUT2D eigenvalue weighted by molar-refractivity contribution is 0.151. The van der Waals surface area contributed by atoms with Gasteiger partial charge in [-0.1, -0.05) is 43.6 Å². The van der Waals surface area contributed by atoms with Crippen molar-refractivity contribution in [1.29, 1.82) is 0 Å². The molecule has 0 atom stereocenters. The summed E-state index contributed by atoms with van der Waals surface area (Å²) < 4.78 is 26.3. The zero-order chi connectivity index (χ0) is 14.9. The fraction of sp³-hybridized carbons (Fsp3) is 0.286. The van der Waals surface area contributed by atoms with Crippen LogP contribution in [0.4, 0.5) is 8.78 Å². The molecule has 1 aromatic carbocycles. The average molecular weight is 409 g/mol. The van der Waals surface area contributed by atoms with Crippen molar-refractivity contribution in [2.24, 2.45) is 0 Å². The van der Waals surface area contributed by atoms with Crippen LogP contribution in [0.5, 0.6) is 0 Å². The zero-order valence-electron chi connectivity index (χ0n) is 10.9. The highest BCUT2D eigenvalue weighted by molar-refractivity contribution is 14.1. The van der Waals surface area contributed by atoms with Crippen molar-refractivity contribution in [2.75, 3.05) is 0 Å². The summed E-state index contributed by atoms with van der Waals surface area (Å²) in [5, 5.41) is 0.349. The molecule has 0 N–H and O–H groups in total. The van der Waals surface area contributed by atoms with E-state index in [0.29, 0.717) is 16.5 Å². The van der Waals surface area contributed by atoms with Crippen LogP contribution in [-0.2, 0) is 0 Å². The Morgan fingerprint density at radius 1 is 1.20 bits per heavy atom.